The van der Waals surface area contributed by atoms with Gasteiger partial charge in [-0.3, -0.25) is 10.1 Å². The summed E-state index contributed by atoms with van der Waals surface area (Å²) in [5.74, 6) is -1.88. The molecule has 1 atom stereocenters. The van der Waals surface area contributed by atoms with Gasteiger partial charge in [0.1, 0.15) is 0 Å². The van der Waals surface area contributed by atoms with Gasteiger partial charge in [-0.2, -0.15) is 0 Å². The molecule has 33 heavy (non-hydrogen) atoms. The molecule has 1 N–H and O–H groups in total. The van der Waals surface area contributed by atoms with E-state index in [1.807, 2.05) is 48.5 Å². The number of hydrogen-bond acceptors (Lipinski definition) is 6. The number of hydrogen-bond donors (Lipinski definition) is 1. The third kappa shape index (κ3) is 4.17. The van der Waals surface area contributed by atoms with Crippen LogP contribution in [0.5, 0.6) is 0 Å². The third-order valence-corrected chi connectivity index (χ3v) is 5.65. The highest BCUT2D eigenvalue weighted by molar-refractivity contribution is 6.15. The number of ether oxygens (including phenoxy) is 2. The Labute approximate surface area is 192 Å². The van der Waals surface area contributed by atoms with Crippen molar-refractivity contribution in [2.45, 2.75) is 25.4 Å². The van der Waals surface area contributed by atoms with Crippen molar-refractivity contribution < 1.29 is 23.9 Å². The molecule has 0 unspecified atom stereocenters. The fourth-order valence-electron chi connectivity index (χ4n) is 4.08. The maximum Gasteiger partial charge on any atom is 0.342 e. The van der Waals surface area contributed by atoms with E-state index in [0.717, 1.165) is 16.3 Å². The Bertz CT molecular complexity index is 1210. The van der Waals surface area contributed by atoms with E-state index < -0.39 is 23.5 Å². The van der Waals surface area contributed by atoms with Gasteiger partial charge in [-0.1, -0.05) is 66.7 Å². The number of benzene rings is 3. The molecule has 3 aromatic rings. The lowest BCUT2D eigenvalue weighted by Crippen LogP contribution is -2.56. The first kappa shape index (κ1) is 22.4. The maximum atomic E-state index is 13.5. The SMILES string of the molecule is CCOC(=O)C1(C(=O)OCC)C=C(C(=O)c2ccccc2)[C@@H](c2ccc3ccccc3c2)N1. The first-order valence-corrected chi connectivity index (χ1v) is 10.9. The molecule has 0 saturated heterocycles. The molecule has 4 rings (SSSR count). The lowest BCUT2D eigenvalue weighted by molar-refractivity contribution is -0.162. The number of carbonyl (C=O) groups is 3. The van der Waals surface area contributed by atoms with Gasteiger partial charge in [0.25, 0.3) is 0 Å². The van der Waals surface area contributed by atoms with E-state index in [1.54, 1.807) is 38.1 Å². The number of esters is 2. The number of ketones is 1. The minimum absolute atomic E-state index is 0.0815. The number of fused-ring (bicyclic) bond motifs is 1. The molecule has 0 aliphatic carbocycles. The van der Waals surface area contributed by atoms with Crippen LogP contribution in [0.1, 0.15) is 35.8 Å². The van der Waals surface area contributed by atoms with Gasteiger partial charge < -0.3 is 9.47 Å². The fourth-order valence-corrected chi connectivity index (χ4v) is 4.08. The van der Waals surface area contributed by atoms with Crippen LogP contribution in [0.2, 0.25) is 0 Å². The van der Waals surface area contributed by atoms with Crippen molar-refractivity contribution in [3.05, 3.63) is 95.6 Å². The molecule has 0 fully saturated rings. The molecule has 0 aromatic heterocycles. The van der Waals surface area contributed by atoms with Gasteiger partial charge in [0.2, 0.25) is 5.54 Å². The molecule has 1 aliphatic rings. The van der Waals surface area contributed by atoms with Gasteiger partial charge in [-0.05, 0) is 42.3 Å². The average molecular weight is 443 g/mol. The van der Waals surface area contributed by atoms with Crippen LogP contribution in [0.3, 0.4) is 0 Å². The minimum Gasteiger partial charge on any atom is -0.464 e. The molecule has 6 heteroatoms. The van der Waals surface area contributed by atoms with Crippen LogP contribution in [0.4, 0.5) is 0 Å². The second kappa shape index (κ2) is 9.38. The number of nitrogens with one attached hydrogen (secondary N) is 1. The van der Waals surface area contributed by atoms with Crippen LogP contribution in [0.25, 0.3) is 10.8 Å². The Hall–Kier alpha value is -3.77. The first-order chi connectivity index (χ1) is 16.0. The summed E-state index contributed by atoms with van der Waals surface area (Å²) in [4.78, 5) is 39.6. The zero-order valence-electron chi connectivity index (χ0n) is 18.5. The predicted molar refractivity (Wildman–Crippen MR) is 125 cm³/mol. The van der Waals surface area contributed by atoms with Gasteiger partial charge in [0, 0.05) is 11.1 Å². The first-order valence-electron chi connectivity index (χ1n) is 10.9. The zero-order valence-corrected chi connectivity index (χ0v) is 18.5. The maximum absolute atomic E-state index is 13.5. The van der Waals surface area contributed by atoms with Crippen LogP contribution in [0, 0.1) is 0 Å². The number of Topliss-reactive ketones (excluding diaryl/α,β-unsaturated/α-hetero) is 1. The second-order valence-corrected chi connectivity index (χ2v) is 7.73. The van der Waals surface area contributed by atoms with Crippen molar-refractivity contribution in [3.8, 4) is 0 Å². The van der Waals surface area contributed by atoms with E-state index in [0.29, 0.717) is 5.56 Å². The van der Waals surface area contributed by atoms with Crippen molar-refractivity contribution in [2.24, 2.45) is 0 Å². The number of rotatable bonds is 7. The average Bonchev–Trinajstić information content (AvgIpc) is 3.26. The second-order valence-electron chi connectivity index (χ2n) is 7.73. The summed E-state index contributed by atoms with van der Waals surface area (Å²) < 4.78 is 10.5. The van der Waals surface area contributed by atoms with Gasteiger partial charge in [-0.15, -0.1) is 0 Å². The molecular weight excluding hydrogens is 418 g/mol. The summed E-state index contributed by atoms with van der Waals surface area (Å²) in [7, 11) is 0. The normalized spacial score (nSPS) is 16.8. The van der Waals surface area contributed by atoms with E-state index in [1.165, 1.54) is 6.08 Å². The van der Waals surface area contributed by atoms with Crippen LogP contribution in [-0.2, 0) is 19.1 Å². The molecule has 1 aliphatic heterocycles. The van der Waals surface area contributed by atoms with Crippen LogP contribution in [0.15, 0.2) is 84.4 Å². The molecule has 168 valence electrons. The fraction of sp³-hybridized carbons (Fsp3) is 0.222. The van der Waals surface area contributed by atoms with Crippen molar-refractivity contribution in [1.82, 2.24) is 5.32 Å². The van der Waals surface area contributed by atoms with Crippen molar-refractivity contribution >= 4 is 28.5 Å². The summed E-state index contributed by atoms with van der Waals surface area (Å²) in [6, 6.07) is 21.7. The summed E-state index contributed by atoms with van der Waals surface area (Å²) in [6.45, 7) is 3.48. The highest BCUT2D eigenvalue weighted by Crippen LogP contribution is 2.37. The van der Waals surface area contributed by atoms with Crippen molar-refractivity contribution in [2.75, 3.05) is 13.2 Å². The lowest BCUT2D eigenvalue weighted by atomic mass is 9.92. The molecule has 0 radical (unpaired) electrons. The molecule has 6 nitrogen and oxygen atoms in total. The standard InChI is InChI=1S/C27H25NO5/c1-3-32-25(30)27(26(31)33-4-2)17-22(24(29)19-11-6-5-7-12-19)23(28-27)21-15-14-18-10-8-9-13-20(18)16-21/h5-17,23,28H,3-4H2,1-2H3/t23-/m1/s1. The Morgan fingerprint density at radius 3 is 2.06 bits per heavy atom. The quantitative estimate of drug-likeness (QED) is 0.336. The van der Waals surface area contributed by atoms with Crippen LogP contribution in [-0.4, -0.2) is 36.5 Å². The topological polar surface area (TPSA) is 81.7 Å². The third-order valence-electron chi connectivity index (χ3n) is 5.65. The molecule has 0 saturated carbocycles. The minimum atomic E-state index is -1.91. The van der Waals surface area contributed by atoms with Gasteiger partial charge in [0.05, 0.1) is 19.3 Å². The van der Waals surface area contributed by atoms with E-state index in [-0.39, 0.29) is 24.6 Å². The van der Waals surface area contributed by atoms with Gasteiger partial charge in [-0.25, -0.2) is 9.59 Å². The zero-order chi connectivity index (χ0) is 23.4. The monoisotopic (exact) mass is 443 g/mol. The predicted octanol–water partition coefficient (Wildman–Crippen LogP) is 4.16. The van der Waals surface area contributed by atoms with Crippen LogP contribution < -0.4 is 5.32 Å². The van der Waals surface area contributed by atoms with E-state index in [9.17, 15) is 14.4 Å². The van der Waals surface area contributed by atoms with Crippen molar-refractivity contribution in [3.63, 3.8) is 0 Å². The molecule has 3 aromatic carbocycles. The van der Waals surface area contributed by atoms with Crippen molar-refractivity contribution in [1.29, 1.82) is 0 Å². The summed E-state index contributed by atoms with van der Waals surface area (Å²) in [6.07, 6.45) is 1.37. The van der Waals surface area contributed by atoms with Crippen LogP contribution >= 0.6 is 0 Å². The Kier molecular flexibility index (Phi) is 6.38. The van der Waals surface area contributed by atoms with E-state index in [2.05, 4.69) is 5.32 Å². The summed E-state index contributed by atoms with van der Waals surface area (Å²) in [5.41, 5.74) is -0.417. The highest BCUT2D eigenvalue weighted by Gasteiger charge is 2.54. The smallest absolute Gasteiger partial charge is 0.342 e. The van der Waals surface area contributed by atoms with E-state index in [4.69, 9.17) is 9.47 Å². The lowest BCUT2D eigenvalue weighted by Gasteiger charge is -2.26. The molecule has 0 bridgehead atoms. The van der Waals surface area contributed by atoms with E-state index >= 15 is 0 Å². The van der Waals surface area contributed by atoms with Gasteiger partial charge in [0.15, 0.2) is 5.78 Å². The highest BCUT2D eigenvalue weighted by atomic mass is 16.6. The largest absolute Gasteiger partial charge is 0.464 e. The summed E-state index contributed by atoms with van der Waals surface area (Å²) in [5, 5.41) is 5.12. The van der Waals surface area contributed by atoms with Gasteiger partial charge >= 0.3 is 11.9 Å². The number of carbonyl (C=O) groups excluding carboxylic acids is 3. The molecule has 0 spiro atoms. The Balaban J connectivity index is 1.86. The Morgan fingerprint density at radius 1 is 0.818 bits per heavy atom. The molecular formula is C27H25NO5. The molecule has 0 amide bonds. The summed E-state index contributed by atoms with van der Waals surface area (Å²) >= 11 is 0. The Morgan fingerprint density at radius 2 is 1.42 bits per heavy atom. The molecule has 1 heterocycles.